The molecule has 0 aliphatic carbocycles. The lowest BCUT2D eigenvalue weighted by Crippen LogP contribution is -2.37. The normalized spacial score (nSPS) is 18.2. The molecule has 4 amide bonds. The fraction of sp³-hybridized carbons (Fsp3) is 0.429. The van der Waals surface area contributed by atoms with Gasteiger partial charge in [-0.3, -0.25) is 19.8 Å². The summed E-state index contributed by atoms with van der Waals surface area (Å²) in [6.45, 7) is 1.03. The molecule has 1 atom stereocenters. The van der Waals surface area contributed by atoms with Gasteiger partial charge in [-0.2, -0.15) is 8.78 Å². The number of hydrogen-bond donors (Lipinski definition) is 2. The molecule has 12 nitrogen and oxygen atoms in total. The van der Waals surface area contributed by atoms with Crippen molar-refractivity contribution in [2.75, 3.05) is 54.4 Å². The SMILES string of the molecule is Cc1cc(NC(=O)N2CCN(c3c(F)cc(N4C[C@H](CNC(=O)C(F)F)OC4=O)cc3F)CCO2)no1. The van der Waals surface area contributed by atoms with E-state index in [9.17, 15) is 23.2 Å². The van der Waals surface area contributed by atoms with Crippen LogP contribution in [0.4, 0.5) is 44.3 Å². The Morgan fingerprint density at radius 3 is 2.54 bits per heavy atom. The molecule has 0 radical (unpaired) electrons. The second-order valence-corrected chi connectivity index (χ2v) is 8.10. The van der Waals surface area contributed by atoms with Gasteiger partial charge in [0, 0.05) is 31.3 Å². The van der Waals surface area contributed by atoms with Crippen LogP contribution in [-0.4, -0.2) is 80.1 Å². The summed E-state index contributed by atoms with van der Waals surface area (Å²) in [5.74, 6) is -2.81. The van der Waals surface area contributed by atoms with Crippen molar-refractivity contribution in [3.05, 3.63) is 35.6 Å². The van der Waals surface area contributed by atoms with Crippen LogP contribution in [0.15, 0.2) is 22.7 Å². The molecular weight excluding hydrogens is 508 g/mol. The van der Waals surface area contributed by atoms with E-state index in [-0.39, 0.29) is 56.5 Å². The average Bonchev–Trinajstić information content (AvgIpc) is 3.32. The number of benzene rings is 1. The second kappa shape index (κ2) is 10.9. The van der Waals surface area contributed by atoms with Gasteiger partial charge in [-0.15, -0.1) is 0 Å². The van der Waals surface area contributed by atoms with Gasteiger partial charge in [0.2, 0.25) is 0 Å². The van der Waals surface area contributed by atoms with Crippen molar-refractivity contribution in [2.45, 2.75) is 19.5 Å². The van der Waals surface area contributed by atoms with E-state index in [0.29, 0.717) is 5.76 Å². The molecule has 0 bridgehead atoms. The maximum Gasteiger partial charge on any atom is 0.414 e. The monoisotopic (exact) mass is 530 g/mol. The molecule has 2 aliphatic rings. The van der Waals surface area contributed by atoms with Crippen molar-refractivity contribution in [2.24, 2.45) is 0 Å². The number of carbonyl (C=O) groups excluding carboxylic acids is 3. The van der Waals surface area contributed by atoms with Gasteiger partial charge in [0.05, 0.1) is 31.9 Å². The van der Waals surface area contributed by atoms with Gasteiger partial charge in [-0.1, -0.05) is 5.16 Å². The van der Waals surface area contributed by atoms with Gasteiger partial charge in [-0.25, -0.2) is 23.4 Å². The molecule has 2 saturated heterocycles. The third kappa shape index (κ3) is 6.02. The van der Waals surface area contributed by atoms with Crippen LogP contribution >= 0.6 is 0 Å². The van der Waals surface area contributed by atoms with Crippen molar-refractivity contribution >= 4 is 35.2 Å². The minimum atomic E-state index is -3.23. The summed E-state index contributed by atoms with van der Waals surface area (Å²) in [5, 5.41) is 9.06. The maximum atomic E-state index is 15.0. The number of urea groups is 1. The molecule has 2 fully saturated rings. The molecule has 2 aromatic rings. The van der Waals surface area contributed by atoms with E-state index in [1.54, 1.807) is 6.92 Å². The zero-order valence-corrected chi connectivity index (χ0v) is 19.4. The zero-order valence-electron chi connectivity index (χ0n) is 19.4. The van der Waals surface area contributed by atoms with Crippen LogP contribution in [-0.2, 0) is 14.4 Å². The molecular formula is C21H22F4N6O6. The van der Waals surface area contributed by atoms with Crippen molar-refractivity contribution < 1.29 is 46.0 Å². The Morgan fingerprint density at radius 2 is 1.89 bits per heavy atom. The molecule has 2 aliphatic heterocycles. The number of carbonyl (C=O) groups is 3. The number of aryl methyl sites for hydroxylation is 1. The zero-order chi connectivity index (χ0) is 26.7. The number of amides is 4. The van der Waals surface area contributed by atoms with E-state index in [1.807, 2.05) is 5.32 Å². The number of aromatic nitrogens is 1. The molecule has 37 heavy (non-hydrogen) atoms. The standard InChI is InChI=1S/C21H22F4N6O6/c1-11-6-16(28-37-11)27-20(33)31-3-2-29(4-5-35-31)17-14(22)7-12(8-15(17)23)30-10-13(36-21(30)34)9-26-19(32)18(24)25/h6-8,13,18H,2-5,9-10H2,1H3,(H,26,32)(H,27,28,33)/t13-/m0/s1. The average molecular weight is 530 g/mol. The topological polar surface area (TPSA) is 129 Å². The predicted octanol–water partition coefficient (Wildman–Crippen LogP) is 2.25. The summed E-state index contributed by atoms with van der Waals surface area (Å²) in [5.41, 5.74) is -0.531. The number of cyclic esters (lactones) is 1. The minimum absolute atomic E-state index is 0.0239. The number of nitrogens with zero attached hydrogens (tertiary/aromatic N) is 4. The lowest BCUT2D eigenvalue weighted by atomic mass is 10.2. The summed E-state index contributed by atoms with van der Waals surface area (Å²) >= 11 is 0. The van der Waals surface area contributed by atoms with Gasteiger partial charge in [0.1, 0.15) is 17.6 Å². The van der Waals surface area contributed by atoms with Crippen molar-refractivity contribution in [3.8, 4) is 0 Å². The van der Waals surface area contributed by atoms with Crippen LogP contribution in [0.1, 0.15) is 5.76 Å². The van der Waals surface area contributed by atoms with E-state index in [2.05, 4.69) is 10.5 Å². The predicted molar refractivity (Wildman–Crippen MR) is 118 cm³/mol. The minimum Gasteiger partial charge on any atom is -0.442 e. The van der Waals surface area contributed by atoms with Crippen molar-refractivity contribution in [1.82, 2.24) is 15.5 Å². The first kappa shape index (κ1) is 26.0. The summed E-state index contributed by atoms with van der Waals surface area (Å²) in [6.07, 6.45) is -5.16. The highest BCUT2D eigenvalue weighted by Gasteiger charge is 2.34. The molecule has 4 rings (SSSR count). The lowest BCUT2D eigenvalue weighted by Gasteiger charge is -2.24. The lowest BCUT2D eigenvalue weighted by molar-refractivity contribution is -0.132. The largest absolute Gasteiger partial charge is 0.442 e. The van der Waals surface area contributed by atoms with E-state index >= 15 is 8.78 Å². The van der Waals surface area contributed by atoms with Crippen LogP contribution < -0.4 is 20.4 Å². The number of ether oxygens (including phenoxy) is 1. The molecule has 0 unspecified atom stereocenters. The quantitative estimate of drug-likeness (QED) is 0.545. The number of nitrogens with one attached hydrogen (secondary N) is 2. The molecule has 1 aromatic heterocycles. The van der Waals surface area contributed by atoms with E-state index in [4.69, 9.17) is 14.1 Å². The van der Waals surface area contributed by atoms with Crippen LogP contribution in [0.3, 0.4) is 0 Å². The highest BCUT2D eigenvalue weighted by molar-refractivity contribution is 5.90. The molecule has 3 heterocycles. The summed E-state index contributed by atoms with van der Waals surface area (Å²) in [6, 6.07) is 2.73. The first-order valence-corrected chi connectivity index (χ1v) is 11.0. The number of alkyl halides is 2. The number of hydrogen-bond acceptors (Lipinski definition) is 8. The van der Waals surface area contributed by atoms with Crippen molar-refractivity contribution in [3.63, 3.8) is 0 Å². The first-order chi connectivity index (χ1) is 17.6. The number of halogens is 4. The third-order valence-corrected chi connectivity index (χ3v) is 5.48. The Morgan fingerprint density at radius 1 is 1.16 bits per heavy atom. The van der Waals surface area contributed by atoms with Crippen LogP contribution in [0.5, 0.6) is 0 Å². The Balaban J connectivity index is 1.39. The number of anilines is 3. The van der Waals surface area contributed by atoms with Gasteiger partial charge >= 0.3 is 18.5 Å². The van der Waals surface area contributed by atoms with Crippen LogP contribution in [0.2, 0.25) is 0 Å². The fourth-order valence-electron chi connectivity index (χ4n) is 3.77. The number of rotatable bonds is 6. The Hall–Kier alpha value is -4.08. The van der Waals surface area contributed by atoms with Crippen molar-refractivity contribution in [1.29, 1.82) is 0 Å². The highest BCUT2D eigenvalue weighted by atomic mass is 19.3. The summed E-state index contributed by atoms with van der Waals surface area (Å²) in [4.78, 5) is 43.3. The molecule has 200 valence electrons. The first-order valence-electron chi connectivity index (χ1n) is 11.0. The Kier molecular flexibility index (Phi) is 7.66. The van der Waals surface area contributed by atoms with Gasteiger partial charge in [0.25, 0.3) is 5.91 Å². The van der Waals surface area contributed by atoms with E-state index < -0.39 is 42.2 Å². The molecule has 2 N–H and O–H groups in total. The van der Waals surface area contributed by atoms with Gasteiger partial charge in [-0.05, 0) is 6.92 Å². The molecule has 1 aromatic carbocycles. The molecule has 0 spiro atoms. The Bertz CT molecular complexity index is 1160. The highest BCUT2D eigenvalue weighted by Crippen LogP contribution is 2.31. The fourth-order valence-corrected chi connectivity index (χ4v) is 3.77. The Labute approximate surface area is 207 Å². The van der Waals surface area contributed by atoms with E-state index in [0.717, 1.165) is 22.1 Å². The van der Waals surface area contributed by atoms with Gasteiger partial charge < -0.3 is 19.5 Å². The van der Waals surface area contributed by atoms with Crippen LogP contribution in [0.25, 0.3) is 0 Å². The molecule has 0 saturated carbocycles. The maximum absolute atomic E-state index is 15.0. The van der Waals surface area contributed by atoms with Gasteiger partial charge in [0.15, 0.2) is 17.5 Å². The number of hydroxylamine groups is 2. The third-order valence-electron chi connectivity index (χ3n) is 5.48. The summed E-state index contributed by atoms with van der Waals surface area (Å²) in [7, 11) is 0. The van der Waals surface area contributed by atoms with Crippen LogP contribution in [0, 0.1) is 18.6 Å². The summed E-state index contributed by atoms with van der Waals surface area (Å²) < 4.78 is 64.6. The van der Waals surface area contributed by atoms with E-state index in [1.165, 1.54) is 11.0 Å². The molecule has 16 heteroatoms. The smallest absolute Gasteiger partial charge is 0.414 e. The second-order valence-electron chi connectivity index (χ2n) is 8.10.